The summed E-state index contributed by atoms with van der Waals surface area (Å²) in [7, 11) is -3.69. The van der Waals surface area contributed by atoms with Gasteiger partial charge in [0, 0.05) is 12.2 Å². The molecule has 1 amide bonds. The number of carbonyl (C=O) groups is 1. The summed E-state index contributed by atoms with van der Waals surface area (Å²) in [5.41, 5.74) is 4.41. The maximum Gasteiger partial charge on any atom is 0.261 e. The maximum atomic E-state index is 12.9. The molecule has 136 valence electrons. The van der Waals surface area contributed by atoms with E-state index in [1.807, 2.05) is 12.1 Å². The SMILES string of the molecule is CC(C)c1ccc(NS(=O)(=O)c2cc3c4c(c2)CC(=O)N4CCC3)cc1. The van der Waals surface area contributed by atoms with E-state index in [-0.39, 0.29) is 17.2 Å². The highest BCUT2D eigenvalue weighted by Crippen LogP contribution is 2.38. The summed E-state index contributed by atoms with van der Waals surface area (Å²) >= 11 is 0. The first-order valence-corrected chi connectivity index (χ1v) is 10.4. The molecule has 26 heavy (non-hydrogen) atoms. The first-order valence-electron chi connectivity index (χ1n) is 8.94. The Hall–Kier alpha value is -2.34. The molecule has 0 saturated carbocycles. The standard InChI is InChI=1S/C20H22N2O3S/c1-13(2)14-5-7-17(8-6-14)21-26(24,25)18-10-15-4-3-9-22-19(23)12-16(11-18)20(15)22/h5-8,10-11,13,21H,3-4,9,12H2,1-2H3. The van der Waals surface area contributed by atoms with E-state index in [4.69, 9.17) is 0 Å². The van der Waals surface area contributed by atoms with Gasteiger partial charge in [0.1, 0.15) is 0 Å². The smallest absolute Gasteiger partial charge is 0.261 e. The molecule has 0 aliphatic carbocycles. The molecular formula is C20H22N2O3S. The van der Waals surface area contributed by atoms with Crippen molar-refractivity contribution in [1.82, 2.24) is 0 Å². The van der Waals surface area contributed by atoms with Crippen LogP contribution >= 0.6 is 0 Å². The first-order chi connectivity index (χ1) is 12.3. The highest BCUT2D eigenvalue weighted by molar-refractivity contribution is 7.92. The van der Waals surface area contributed by atoms with Gasteiger partial charge in [-0.05, 0) is 59.7 Å². The summed E-state index contributed by atoms with van der Waals surface area (Å²) in [4.78, 5) is 14.2. The minimum atomic E-state index is -3.69. The van der Waals surface area contributed by atoms with Crippen molar-refractivity contribution in [2.75, 3.05) is 16.2 Å². The average molecular weight is 370 g/mol. The number of rotatable bonds is 4. The Morgan fingerprint density at radius 3 is 2.46 bits per heavy atom. The van der Waals surface area contributed by atoms with Crippen molar-refractivity contribution in [3.8, 4) is 0 Å². The van der Waals surface area contributed by atoms with E-state index in [0.29, 0.717) is 11.6 Å². The van der Waals surface area contributed by atoms with Gasteiger partial charge in [-0.1, -0.05) is 26.0 Å². The number of aryl methyl sites for hydroxylation is 1. The minimum Gasteiger partial charge on any atom is -0.312 e. The summed E-state index contributed by atoms with van der Waals surface area (Å²) < 4.78 is 28.4. The molecule has 4 rings (SSSR count). The molecule has 5 nitrogen and oxygen atoms in total. The Morgan fingerprint density at radius 2 is 1.77 bits per heavy atom. The van der Waals surface area contributed by atoms with Crippen molar-refractivity contribution >= 4 is 27.3 Å². The second kappa shape index (κ2) is 6.13. The summed E-state index contributed by atoms with van der Waals surface area (Å²) in [6, 6.07) is 10.8. The monoisotopic (exact) mass is 370 g/mol. The highest BCUT2D eigenvalue weighted by atomic mass is 32.2. The predicted molar refractivity (Wildman–Crippen MR) is 102 cm³/mol. The van der Waals surface area contributed by atoms with E-state index in [0.717, 1.165) is 41.8 Å². The summed E-state index contributed by atoms with van der Waals surface area (Å²) in [5, 5.41) is 0. The molecule has 2 aromatic rings. The third kappa shape index (κ3) is 2.88. The number of anilines is 2. The van der Waals surface area contributed by atoms with Crippen LogP contribution in [0.15, 0.2) is 41.3 Å². The lowest BCUT2D eigenvalue weighted by atomic mass is 10.0. The summed E-state index contributed by atoms with van der Waals surface area (Å²) in [5.74, 6) is 0.457. The van der Waals surface area contributed by atoms with E-state index in [2.05, 4.69) is 18.6 Å². The van der Waals surface area contributed by atoms with Crippen molar-refractivity contribution in [3.63, 3.8) is 0 Å². The van der Waals surface area contributed by atoms with Crippen LogP contribution in [-0.2, 0) is 27.7 Å². The van der Waals surface area contributed by atoms with E-state index in [1.54, 1.807) is 29.2 Å². The van der Waals surface area contributed by atoms with Crippen LogP contribution in [0.25, 0.3) is 0 Å². The Balaban J connectivity index is 1.67. The van der Waals surface area contributed by atoms with E-state index in [1.165, 1.54) is 0 Å². The van der Waals surface area contributed by atoms with Crippen molar-refractivity contribution in [2.45, 2.75) is 43.9 Å². The molecule has 2 aliphatic heterocycles. The van der Waals surface area contributed by atoms with Gasteiger partial charge >= 0.3 is 0 Å². The number of sulfonamides is 1. The van der Waals surface area contributed by atoms with E-state index >= 15 is 0 Å². The largest absolute Gasteiger partial charge is 0.312 e. The molecule has 0 bridgehead atoms. The van der Waals surface area contributed by atoms with E-state index < -0.39 is 10.0 Å². The zero-order valence-corrected chi connectivity index (χ0v) is 15.8. The van der Waals surface area contributed by atoms with E-state index in [9.17, 15) is 13.2 Å². The number of nitrogens with one attached hydrogen (secondary N) is 1. The normalized spacial score (nSPS) is 16.1. The molecule has 2 aromatic carbocycles. The zero-order valence-electron chi connectivity index (χ0n) is 15.0. The van der Waals surface area contributed by atoms with Crippen LogP contribution in [0, 0.1) is 0 Å². The molecule has 0 aromatic heterocycles. The topological polar surface area (TPSA) is 66.5 Å². The average Bonchev–Trinajstić information content (AvgIpc) is 2.92. The molecule has 0 atom stereocenters. The van der Waals surface area contributed by atoms with Gasteiger partial charge in [-0.2, -0.15) is 0 Å². The zero-order chi connectivity index (χ0) is 18.5. The Kier molecular flexibility index (Phi) is 4.03. The van der Waals surface area contributed by atoms with Gasteiger partial charge in [-0.15, -0.1) is 0 Å². The van der Waals surface area contributed by atoms with Gasteiger partial charge in [0.2, 0.25) is 5.91 Å². The van der Waals surface area contributed by atoms with Crippen molar-refractivity contribution in [2.24, 2.45) is 0 Å². The van der Waals surface area contributed by atoms with Gasteiger partial charge in [0.25, 0.3) is 10.0 Å². The molecule has 2 aliphatic rings. The molecule has 1 N–H and O–H groups in total. The molecule has 0 spiro atoms. The summed E-state index contributed by atoms with van der Waals surface area (Å²) in [6.45, 7) is 4.92. The number of carbonyl (C=O) groups excluding carboxylic acids is 1. The Labute approximate surface area is 154 Å². The Morgan fingerprint density at radius 1 is 1.08 bits per heavy atom. The fourth-order valence-electron chi connectivity index (χ4n) is 3.75. The number of hydrogen-bond acceptors (Lipinski definition) is 3. The predicted octanol–water partition coefficient (Wildman–Crippen LogP) is 3.45. The molecule has 0 radical (unpaired) electrons. The first kappa shape index (κ1) is 17.1. The van der Waals surface area contributed by atoms with Gasteiger partial charge in [-0.3, -0.25) is 9.52 Å². The van der Waals surface area contributed by atoms with Crippen LogP contribution in [0.3, 0.4) is 0 Å². The van der Waals surface area contributed by atoms with Gasteiger partial charge < -0.3 is 4.90 Å². The van der Waals surface area contributed by atoms with Crippen LogP contribution in [0.1, 0.15) is 42.9 Å². The van der Waals surface area contributed by atoms with Crippen LogP contribution in [0.5, 0.6) is 0 Å². The maximum absolute atomic E-state index is 12.9. The number of hydrogen-bond donors (Lipinski definition) is 1. The number of nitrogens with zero attached hydrogens (tertiary/aromatic N) is 1. The second-order valence-corrected chi connectivity index (χ2v) is 8.98. The van der Waals surface area contributed by atoms with Crippen molar-refractivity contribution in [1.29, 1.82) is 0 Å². The molecular weight excluding hydrogens is 348 g/mol. The summed E-state index contributed by atoms with van der Waals surface area (Å²) in [6.07, 6.45) is 1.96. The number of benzene rings is 2. The van der Waals surface area contributed by atoms with Crippen LogP contribution in [0.2, 0.25) is 0 Å². The molecule has 2 heterocycles. The Bertz CT molecular complexity index is 979. The lowest BCUT2D eigenvalue weighted by Gasteiger charge is -2.26. The van der Waals surface area contributed by atoms with Gasteiger partial charge in [0.05, 0.1) is 17.0 Å². The minimum absolute atomic E-state index is 0.0627. The molecule has 0 saturated heterocycles. The van der Waals surface area contributed by atoms with Crippen molar-refractivity contribution < 1.29 is 13.2 Å². The third-order valence-electron chi connectivity index (χ3n) is 5.12. The highest BCUT2D eigenvalue weighted by Gasteiger charge is 2.33. The van der Waals surface area contributed by atoms with Crippen LogP contribution < -0.4 is 9.62 Å². The van der Waals surface area contributed by atoms with Gasteiger partial charge in [-0.25, -0.2) is 8.42 Å². The second-order valence-electron chi connectivity index (χ2n) is 7.30. The molecule has 0 unspecified atom stereocenters. The third-order valence-corrected chi connectivity index (χ3v) is 6.48. The number of amides is 1. The fourth-order valence-corrected chi connectivity index (χ4v) is 4.91. The molecule has 6 heteroatoms. The van der Waals surface area contributed by atoms with Gasteiger partial charge in [0.15, 0.2) is 0 Å². The fraction of sp³-hybridized carbons (Fsp3) is 0.350. The quantitative estimate of drug-likeness (QED) is 0.896. The van der Waals surface area contributed by atoms with Crippen LogP contribution in [0.4, 0.5) is 11.4 Å². The lowest BCUT2D eigenvalue weighted by Crippen LogP contribution is -2.31. The molecule has 0 fully saturated rings. The lowest BCUT2D eigenvalue weighted by molar-refractivity contribution is -0.117. The van der Waals surface area contributed by atoms with Crippen molar-refractivity contribution in [3.05, 3.63) is 53.1 Å². The van der Waals surface area contributed by atoms with Crippen LogP contribution in [-0.4, -0.2) is 20.9 Å².